The van der Waals surface area contributed by atoms with Gasteiger partial charge in [0.05, 0.1) is 17.6 Å². The molecule has 0 saturated carbocycles. The molecule has 0 aliphatic carbocycles. The Bertz CT molecular complexity index is 998. The summed E-state index contributed by atoms with van der Waals surface area (Å²) in [5.41, 5.74) is 1.00. The number of rotatable bonds is 7. The van der Waals surface area contributed by atoms with Crippen LogP contribution in [0.2, 0.25) is 0 Å². The topological polar surface area (TPSA) is 123 Å². The molecule has 0 bridgehead atoms. The number of carbonyl (C=O) groups excluding carboxylic acids is 2. The number of nitrogens with one attached hydrogen (secondary N) is 2. The number of hydrogen-bond donors (Lipinski definition) is 2. The molecule has 2 N–H and O–H groups in total. The van der Waals surface area contributed by atoms with Gasteiger partial charge in [-0.15, -0.1) is 0 Å². The largest absolute Gasteiger partial charge is 0.494 e. The second-order valence-electron chi connectivity index (χ2n) is 7.73. The number of amides is 2. The normalized spacial score (nSPS) is 15.8. The summed E-state index contributed by atoms with van der Waals surface area (Å²) in [6, 6.07) is 11.8. The Morgan fingerprint density at radius 3 is 2.64 bits per heavy atom. The SMILES string of the molecule is CNc1c(OC)cc(C(=O)N2CCCC[C@@H](NC(=O)OCc3ccccc3)C2)cc1[N+](=O)[O-]. The van der Waals surface area contributed by atoms with Gasteiger partial charge in [0.15, 0.2) is 5.69 Å². The number of nitrogens with zero attached hydrogens (tertiary/aromatic N) is 2. The zero-order valence-corrected chi connectivity index (χ0v) is 18.7. The van der Waals surface area contributed by atoms with Gasteiger partial charge in [-0.2, -0.15) is 0 Å². The van der Waals surface area contributed by atoms with Crippen molar-refractivity contribution < 1.29 is 24.0 Å². The molecule has 10 heteroatoms. The molecule has 33 heavy (non-hydrogen) atoms. The van der Waals surface area contributed by atoms with E-state index in [1.54, 1.807) is 11.9 Å². The van der Waals surface area contributed by atoms with E-state index in [-0.39, 0.29) is 47.8 Å². The zero-order chi connectivity index (χ0) is 23.8. The summed E-state index contributed by atoms with van der Waals surface area (Å²) in [7, 11) is 2.94. The highest BCUT2D eigenvalue weighted by molar-refractivity contribution is 5.97. The maximum atomic E-state index is 13.2. The Hall–Kier alpha value is -3.82. The highest BCUT2D eigenvalue weighted by Gasteiger charge is 2.28. The molecule has 0 spiro atoms. The average molecular weight is 456 g/mol. The van der Waals surface area contributed by atoms with Crippen LogP contribution in [0.4, 0.5) is 16.2 Å². The summed E-state index contributed by atoms with van der Waals surface area (Å²) in [5.74, 6) is -0.144. The predicted octanol–water partition coefficient (Wildman–Crippen LogP) is 3.57. The van der Waals surface area contributed by atoms with E-state index in [0.717, 1.165) is 18.4 Å². The van der Waals surface area contributed by atoms with E-state index in [9.17, 15) is 19.7 Å². The molecule has 3 rings (SSSR count). The van der Waals surface area contributed by atoms with Crippen molar-refractivity contribution in [1.82, 2.24) is 10.2 Å². The Kier molecular flexibility index (Phi) is 8.06. The maximum Gasteiger partial charge on any atom is 0.407 e. The van der Waals surface area contributed by atoms with Crippen molar-refractivity contribution >= 4 is 23.4 Å². The number of ether oxygens (including phenoxy) is 2. The molecule has 2 aromatic rings. The molecule has 2 aromatic carbocycles. The first-order valence-electron chi connectivity index (χ1n) is 10.7. The quantitative estimate of drug-likeness (QED) is 0.482. The summed E-state index contributed by atoms with van der Waals surface area (Å²) in [6.45, 7) is 0.923. The molecule has 2 amide bonds. The zero-order valence-electron chi connectivity index (χ0n) is 18.7. The van der Waals surface area contributed by atoms with Crippen LogP contribution >= 0.6 is 0 Å². The van der Waals surface area contributed by atoms with Crippen LogP contribution in [0, 0.1) is 10.1 Å². The van der Waals surface area contributed by atoms with E-state index in [1.807, 2.05) is 30.3 Å². The molecule has 10 nitrogen and oxygen atoms in total. The van der Waals surface area contributed by atoms with Gasteiger partial charge < -0.3 is 25.0 Å². The fourth-order valence-corrected chi connectivity index (χ4v) is 3.84. The van der Waals surface area contributed by atoms with Crippen molar-refractivity contribution in [3.63, 3.8) is 0 Å². The van der Waals surface area contributed by atoms with Crippen LogP contribution in [0.1, 0.15) is 35.2 Å². The van der Waals surface area contributed by atoms with Gasteiger partial charge >= 0.3 is 6.09 Å². The summed E-state index contributed by atoms with van der Waals surface area (Å²) < 4.78 is 10.6. The number of nitro groups is 1. The predicted molar refractivity (Wildman–Crippen MR) is 123 cm³/mol. The molecule has 1 fully saturated rings. The molecule has 0 aromatic heterocycles. The first-order chi connectivity index (χ1) is 15.9. The number of likely N-dealkylation sites (tertiary alicyclic amines) is 1. The van der Waals surface area contributed by atoms with Gasteiger partial charge in [-0.25, -0.2) is 4.79 Å². The number of methoxy groups -OCH3 is 1. The highest BCUT2D eigenvalue weighted by Crippen LogP contribution is 2.36. The Morgan fingerprint density at radius 2 is 1.97 bits per heavy atom. The van der Waals surface area contributed by atoms with Crippen LogP contribution in [-0.4, -0.2) is 55.1 Å². The average Bonchev–Trinajstić information content (AvgIpc) is 3.07. The van der Waals surface area contributed by atoms with E-state index in [0.29, 0.717) is 13.0 Å². The molecule has 1 aliphatic rings. The van der Waals surface area contributed by atoms with Crippen LogP contribution in [0.25, 0.3) is 0 Å². The molecule has 0 unspecified atom stereocenters. The molecule has 1 atom stereocenters. The van der Waals surface area contributed by atoms with Gasteiger partial charge in [0.1, 0.15) is 12.4 Å². The Morgan fingerprint density at radius 1 is 1.21 bits per heavy atom. The molecule has 1 saturated heterocycles. The summed E-state index contributed by atoms with van der Waals surface area (Å²) in [5, 5.41) is 17.1. The second-order valence-corrected chi connectivity index (χ2v) is 7.73. The first kappa shape index (κ1) is 23.8. The fraction of sp³-hybridized carbons (Fsp3) is 0.391. The Balaban J connectivity index is 1.69. The van der Waals surface area contributed by atoms with Crippen molar-refractivity contribution in [3.05, 3.63) is 63.7 Å². The van der Waals surface area contributed by atoms with Crippen LogP contribution in [0.5, 0.6) is 5.75 Å². The minimum atomic E-state index is -0.555. The molecular weight excluding hydrogens is 428 g/mol. The third-order valence-electron chi connectivity index (χ3n) is 5.49. The van der Waals surface area contributed by atoms with E-state index >= 15 is 0 Å². The van der Waals surface area contributed by atoms with Crippen LogP contribution in [0.15, 0.2) is 42.5 Å². The van der Waals surface area contributed by atoms with E-state index in [2.05, 4.69) is 10.6 Å². The number of hydrogen-bond acceptors (Lipinski definition) is 7. The van der Waals surface area contributed by atoms with Crippen LogP contribution in [-0.2, 0) is 11.3 Å². The maximum absolute atomic E-state index is 13.2. The van der Waals surface area contributed by atoms with Crippen molar-refractivity contribution in [2.75, 3.05) is 32.6 Å². The minimum absolute atomic E-state index is 0.156. The lowest BCUT2D eigenvalue weighted by molar-refractivity contribution is -0.384. The van der Waals surface area contributed by atoms with Crippen LogP contribution in [0.3, 0.4) is 0 Å². The van der Waals surface area contributed by atoms with Crippen molar-refractivity contribution in [2.45, 2.75) is 31.9 Å². The number of nitro benzene ring substituents is 1. The third kappa shape index (κ3) is 6.12. The highest BCUT2D eigenvalue weighted by atomic mass is 16.6. The Labute approximate surface area is 192 Å². The molecular formula is C23H28N4O6. The lowest BCUT2D eigenvalue weighted by Crippen LogP contribution is -2.44. The summed E-state index contributed by atoms with van der Waals surface area (Å²) in [4.78, 5) is 38.1. The lowest BCUT2D eigenvalue weighted by Gasteiger charge is -2.25. The number of alkyl carbamates (subject to hydrolysis) is 1. The van der Waals surface area contributed by atoms with Gasteiger partial charge in [-0.3, -0.25) is 14.9 Å². The van der Waals surface area contributed by atoms with Crippen molar-refractivity contribution in [1.29, 1.82) is 0 Å². The van der Waals surface area contributed by atoms with Crippen LogP contribution < -0.4 is 15.4 Å². The minimum Gasteiger partial charge on any atom is -0.494 e. The monoisotopic (exact) mass is 456 g/mol. The molecule has 0 radical (unpaired) electrons. The number of benzene rings is 2. The van der Waals surface area contributed by atoms with Gasteiger partial charge in [0.25, 0.3) is 11.6 Å². The van der Waals surface area contributed by atoms with Gasteiger partial charge in [-0.05, 0) is 30.9 Å². The van der Waals surface area contributed by atoms with E-state index in [4.69, 9.17) is 9.47 Å². The number of carbonyl (C=O) groups is 2. The van der Waals surface area contributed by atoms with Crippen molar-refractivity contribution in [3.8, 4) is 5.75 Å². The summed E-state index contributed by atoms with van der Waals surface area (Å²) >= 11 is 0. The summed E-state index contributed by atoms with van der Waals surface area (Å²) in [6.07, 6.45) is 1.74. The fourth-order valence-electron chi connectivity index (χ4n) is 3.84. The first-order valence-corrected chi connectivity index (χ1v) is 10.7. The molecule has 176 valence electrons. The van der Waals surface area contributed by atoms with E-state index < -0.39 is 11.0 Å². The van der Waals surface area contributed by atoms with Gasteiger partial charge in [-0.1, -0.05) is 30.3 Å². The molecule has 1 heterocycles. The van der Waals surface area contributed by atoms with Crippen molar-refractivity contribution in [2.24, 2.45) is 0 Å². The van der Waals surface area contributed by atoms with Gasteiger partial charge in [0, 0.05) is 32.2 Å². The number of anilines is 1. The second kappa shape index (κ2) is 11.2. The smallest absolute Gasteiger partial charge is 0.407 e. The van der Waals surface area contributed by atoms with Gasteiger partial charge in [0.2, 0.25) is 0 Å². The standard InChI is InChI=1S/C23H28N4O6/c1-24-21-19(27(30)31)12-17(13-20(21)32-2)22(28)26-11-7-6-10-18(14-26)25-23(29)33-15-16-8-4-3-5-9-16/h3-5,8-9,12-13,18,24H,6-7,10-11,14-15H2,1-2H3,(H,25,29)/t18-/m1/s1. The molecule has 1 aliphatic heterocycles. The third-order valence-corrected chi connectivity index (χ3v) is 5.49. The van der Waals surface area contributed by atoms with E-state index in [1.165, 1.54) is 19.2 Å². The lowest BCUT2D eigenvalue weighted by atomic mass is 10.1.